The molecule has 1 aromatic carbocycles. The van der Waals surface area contributed by atoms with Gasteiger partial charge in [-0.05, 0) is 12.1 Å². The molecule has 5 nitrogen and oxygen atoms in total. The molecular weight excluding hydrogens is 250 g/mol. The van der Waals surface area contributed by atoms with Crippen molar-refractivity contribution in [2.75, 3.05) is 0 Å². The Kier molecular flexibility index (Phi) is 5.16. The fourth-order valence-electron chi connectivity index (χ4n) is 0.726. The SMILES string of the molecule is O=C(O)c1ccc([N+](=O)[O-])cc1.[H-].[H-].[Sr+2]. The molecular formula is C7H7NO4Sr. The number of carbonyl (C=O) groups is 1. The van der Waals surface area contributed by atoms with Crippen molar-refractivity contribution in [1.29, 1.82) is 0 Å². The van der Waals surface area contributed by atoms with Gasteiger partial charge in [-0.2, -0.15) is 0 Å². The van der Waals surface area contributed by atoms with Crippen LogP contribution in [0.2, 0.25) is 0 Å². The molecule has 1 rings (SSSR count). The van der Waals surface area contributed by atoms with Gasteiger partial charge >= 0.3 is 51.5 Å². The van der Waals surface area contributed by atoms with E-state index in [4.69, 9.17) is 5.11 Å². The number of nitrogens with zero attached hydrogens (tertiary/aromatic N) is 1. The van der Waals surface area contributed by atoms with Gasteiger partial charge in [0.25, 0.3) is 5.69 Å². The Morgan fingerprint density at radius 3 is 2.15 bits per heavy atom. The molecule has 66 valence electrons. The third-order valence-corrected chi connectivity index (χ3v) is 1.33. The minimum Gasteiger partial charge on any atom is -1.00 e. The Hall–Kier alpha value is -0.429. The van der Waals surface area contributed by atoms with Crippen LogP contribution in [-0.4, -0.2) is 61.5 Å². The van der Waals surface area contributed by atoms with E-state index in [0.717, 1.165) is 12.1 Å². The molecule has 13 heavy (non-hydrogen) atoms. The van der Waals surface area contributed by atoms with E-state index in [0.29, 0.717) is 0 Å². The van der Waals surface area contributed by atoms with Gasteiger partial charge in [0, 0.05) is 12.1 Å². The van der Waals surface area contributed by atoms with Crippen LogP contribution >= 0.6 is 0 Å². The minimum absolute atomic E-state index is 0. The second-order valence-corrected chi connectivity index (χ2v) is 2.11. The van der Waals surface area contributed by atoms with Gasteiger partial charge in [0.2, 0.25) is 0 Å². The number of non-ortho nitro benzene ring substituents is 1. The Bertz CT molecular complexity index is 297. The van der Waals surface area contributed by atoms with E-state index < -0.39 is 10.9 Å². The number of carboxylic acids is 1. The van der Waals surface area contributed by atoms with Gasteiger partial charge in [0.1, 0.15) is 0 Å². The molecule has 0 aromatic heterocycles. The van der Waals surface area contributed by atoms with E-state index in [9.17, 15) is 14.9 Å². The van der Waals surface area contributed by atoms with E-state index in [1.54, 1.807) is 0 Å². The fourth-order valence-corrected chi connectivity index (χ4v) is 0.726. The van der Waals surface area contributed by atoms with Crippen LogP contribution in [0, 0.1) is 10.1 Å². The minimum atomic E-state index is -1.09. The number of hydrogen-bond donors (Lipinski definition) is 1. The first-order valence-corrected chi connectivity index (χ1v) is 3.09. The standard InChI is InChI=1S/C7H5NO4.Sr.2H/c9-7(10)5-1-3-6(4-2-5)8(11)12;;;/h1-4H,(H,9,10);;;/q;+2;2*-1. The quantitative estimate of drug-likeness (QED) is 0.489. The number of carboxylic acid groups (broad SMARTS) is 1. The molecule has 0 amide bonds. The predicted molar refractivity (Wildman–Crippen MR) is 48.0 cm³/mol. The maximum atomic E-state index is 10.3. The first-order valence-electron chi connectivity index (χ1n) is 3.09. The van der Waals surface area contributed by atoms with Gasteiger partial charge in [0.05, 0.1) is 10.5 Å². The summed E-state index contributed by atoms with van der Waals surface area (Å²) >= 11 is 0. The zero-order chi connectivity index (χ0) is 9.14. The van der Waals surface area contributed by atoms with Crippen LogP contribution in [0.5, 0.6) is 0 Å². The predicted octanol–water partition coefficient (Wildman–Crippen LogP) is 1.14. The first kappa shape index (κ1) is 12.6. The molecule has 0 saturated carbocycles. The fraction of sp³-hybridized carbons (Fsp3) is 0. The number of benzene rings is 1. The molecule has 0 spiro atoms. The summed E-state index contributed by atoms with van der Waals surface area (Å²) in [6, 6.07) is 4.70. The Morgan fingerprint density at radius 1 is 1.38 bits per heavy atom. The van der Waals surface area contributed by atoms with Crippen molar-refractivity contribution in [3.63, 3.8) is 0 Å². The second kappa shape index (κ2) is 5.33. The van der Waals surface area contributed by atoms with Gasteiger partial charge in [-0.25, -0.2) is 4.79 Å². The third kappa shape index (κ3) is 3.43. The Labute approximate surface area is 114 Å². The van der Waals surface area contributed by atoms with Crippen molar-refractivity contribution in [2.24, 2.45) is 0 Å². The van der Waals surface area contributed by atoms with Crippen LogP contribution in [0.15, 0.2) is 24.3 Å². The number of hydrogen-bond acceptors (Lipinski definition) is 3. The summed E-state index contributed by atoms with van der Waals surface area (Å²) in [5.74, 6) is -1.09. The summed E-state index contributed by atoms with van der Waals surface area (Å²) in [5.41, 5.74) is -0.0689. The van der Waals surface area contributed by atoms with Crippen LogP contribution in [-0.2, 0) is 0 Å². The zero-order valence-electron chi connectivity index (χ0n) is 8.64. The Balaban J connectivity index is -0.000000480. The van der Waals surface area contributed by atoms with Gasteiger partial charge in [-0.1, -0.05) is 0 Å². The molecule has 0 fully saturated rings. The Morgan fingerprint density at radius 2 is 1.85 bits per heavy atom. The molecule has 6 heteroatoms. The third-order valence-electron chi connectivity index (χ3n) is 1.33. The van der Waals surface area contributed by atoms with Crippen molar-refractivity contribution in [3.8, 4) is 0 Å². The first-order chi connectivity index (χ1) is 5.61. The molecule has 0 aliphatic rings. The zero-order valence-corrected chi connectivity index (χ0v) is 10.1. The van der Waals surface area contributed by atoms with Gasteiger partial charge in [-0.3, -0.25) is 10.1 Å². The van der Waals surface area contributed by atoms with Crippen molar-refractivity contribution in [1.82, 2.24) is 0 Å². The summed E-state index contributed by atoms with van der Waals surface area (Å²) in [7, 11) is 0. The van der Waals surface area contributed by atoms with Gasteiger partial charge < -0.3 is 7.96 Å². The average molecular weight is 257 g/mol. The van der Waals surface area contributed by atoms with E-state index in [1.165, 1.54) is 12.1 Å². The molecule has 1 aromatic rings. The normalized spacial score (nSPS) is 8.62. The number of nitro groups is 1. The molecule has 0 aliphatic heterocycles. The summed E-state index contributed by atoms with van der Waals surface area (Å²) in [6.45, 7) is 0. The summed E-state index contributed by atoms with van der Waals surface area (Å²) in [5, 5.41) is 18.6. The van der Waals surface area contributed by atoms with E-state index in [-0.39, 0.29) is 59.6 Å². The molecule has 0 radical (unpaired) electrons. The van der Waals surface area contributed by atoms with Crippen molar-refractivity contribution in [2.45, 2.75) is 0 Å². The largest absolute Gasteiger partial charge is 2.00 e. The molecule has 0 atom stereocenters. The molecule has 1 N–H and O–H groups in total. The smallest absolute Gasteiger partial charge is 1.00 e. The summed E-state index contributed by atoms with van der Waals surface area (Å²) in [6.07, 6.45) is 0. The molecule has 0 aliphatic carbocycles. The number of nitro benzene ring substituents is 1. The maximum Gasteiger partial charge on any atom is 2.00 e. The van der Waals surface area contributed by atoms with Crippen LogP contribution < -0.4 is 0 Å². The molecule has 0 bridgehead atoms. The van der Waals surface area contributed by atoms with Crippen LogP contribution in [0.25, 0.3) is 0 Å². The van der Waals surface area contributed by atoms with Gasteiger partial charge in [-0.15, -0.1) is 0 Å². The van der Waals surface area contributed by atoms with Crippen molar-refractivity contribution in [3.05, 3.63) is 39.9 Å². The summed E-state index contributed by atoms with van der Waals surface area (Å²) < 4.78 is 0. The van der Waals surface area contributed by atoms with Crippen LogP contribution in [0.3, 0.4) is 0 Å². The van der Waals surface area contributed by atoms with Crippen LogP contribution in [0.4, 0.5) is 5.69 Å². The molecule has 0 unspecified atom stereocenters. The number of rotatable bonds is 2. The van der Waals surface area contributed by atoms with Crippen molar-refractivity contribution < 1.29 is 17.7 Å². The van der Waals surface area contributed by atoms with Gasteiger partial charge in [0.15, 0.2) is 0 Å². The topological polar surface area (TPSA) is 80.4 Å². The second-order valence-electron chi connectivity index (χ2n) is 2.11. The maximum absolute atomic E-state index is 10.3. The molecule has 0 heterocycles. The summed E-state index contributed by atoms with van der Waals surface area (Å²) in [4.78, 5) is 19.9. The van der Waals surface area contributed by atoms with E-state index >= 15 is 0 Å². The van der Waals surface area contributed by atoms with E-state index in [2.05, 4.69) is 0 Å². The average Bonchev–Trinajstić information content (AvgIpc) is 2.04. The monoisotopic (exact) mass is 257 g/mol. The van der Waals surface area contributed by atoms with Crippen molar-refractivity contribution >= 4 is 57.1 Å². The van der Waals surface area contributed by atoms with E-state index in [1.807, 2.05) is 0 Å². The number of aromatic carboxylic acids is 1. The molecule has 0 saturated heterocycles. The van der Waals surface area contributed by atoms with Crippen LogP contribution in [0.1, 0.15) is 13.2 Å².